The van der Waals surface area contributed by atoms with Gasteiger partial charge in [-0.15, -0.1) is 11.8 Å². The third-order valence-corrected chi connectivity index (χ3v) is 6.77. The minimum absolute atomic E-state index is 0.193. The first-order valence-electron chi connectivity index (χ1n) is 7.36. The Labute approximate surface area is 139 Å². The molecule has 2 aliphatic rings. The van der Waals surface area contributed by atoms with Gasteiger partial charge in [-0.1, -0.05) is 6.92 Å². The number of hydrogen-bond donors (Lipinski definition) is 3. The monoisotopic (exact) mass is 347 g/mol. The van der Waals surface area contributed by atoms with E-state index in [1.165, 1.54) is 16.7 Å². The molecule has 1 amide bonds. The fraction of sp³-hybridized carbons (Fsp3) is 0.786. The summed E-state index contributed by atoms with van der Waals surface area (Å²) in [6.45, 7) is 1.74. The van der Waals surface area contributed by atoms with E-state index in [4.69, 9.17) is 5.11 Å². The highest BCUT2D eigenvalue weighted by atomic mass is 32.2. The molecule has 2 rings (SSSR count). The lowest BCUT2D eigenvalue weighted by Gasteiger charge is -2.44. The van der Waals surface area contributed by atoms with Crippen molar-refractivity contribution >= 4 is 42.2 Å². The van der Waals surface area contributed by atoms with Crippen molar-refractivity contribution in [1.29, 1.82) is 0 Å². The summed E-state index contributed by atoms with van der Waals surface area (Å²) in [5.41, 5.74) is 0. The maximum absolute atomic E-state index is 12.7. The molecule has 1 heterocycles. The summed E-state index contributed by atoms with van der Waals surface area (Å²) in [4.78, 5) is 36.2. The number of carbonyl (C=O) groups is 3. The molecular weight excluding hydrogens is 326 g/mol. The molecule has 2 unspecified atom stereocenters. The lowest BCUT2D eigenvalue weighted by molar-refractivity contribution is -0.154. The first-order chi connectivity index (χ1) is 10.3. The summed E-state index contributed by atoms with van der Waals surface area (Å²) in [5.74, 6) is -2.02. The van der Waals surface area contributed by atoms with Crippen LogP contribution in [-0.2, 0) is 14.4 Å². The lowest BCUT2D eigenvalue weighted by atomic mass is 9.84. The van der Waals surface area contributed by atoms with Gasteiger partial charge in [-0.2, -0.15) is 12.6 Å². The zero-order valence-corrected chi connectivity index (χ0v) is 14.1. The van der Waals surface area contributed by atoms with E-state index < -0.39 is 28.8 Å². The van der Waals surface area contributed by atoms with Gasteiger partial charge in [0, 0.05) is 17.4 Å². The quantitative estimate of drug-likeness (QED) is 0.668. The van der Waals surface area contributed by atoms with E-state index in [-0.39, 0.29) is 11.8 Å². The van der Waals surface area contributed by atoms with Gasteiger partial charge in [-0.05, 0) is 25.7 Å². The standard InChI is InChI=1S/C14H21NO5S2/c1-8(6-21)11(16)15-10(13(19)20)7-22-14(15)4-2-9(3-5-14)12(17)18/h8-10,21H,2-7H2,1H3,(H,17,18)(H,19,20). The molecule has 1 saturated carbocycles. The van der Waals surface area contributed by atoms with Crippen molar-refractivity contribution in [3.05, 3.63) is 0 Å². The predicted molar refractivity (Wildman–Crippen MR) is 86.1 cm³/mol. The third kappa shape index (κ3) is 3.08. The van der Waals surface area contributed by atoms with Crippen molar-refractivity contribution in [2.45, 2.75) is 43.5 Å². The van der Waals surface area contributed by atoms with Crippen LogP contribution in [0.4, 0.5) is 0 Å². The molecule has 2 fully saturated rings. The molecule has 2 atom stereocenters. The molecule has 0 aromatic rings. The van der Waals surface area contributed by atoms with Crippen LogP contribution in [0.15, 0.2) is 0 Å². The van der Waals surface area contributed by atoms with Gasteiger partial charge in [0.2, 0.25) is 5.91 Å². The van der Waals surface area contributed by atoms with Crippen LogP contribution in [0.2, 0.25) is 0 Å². The van der Waals surface area contributed by atoms with Gasteiger partial charge in [0.05, 0.1) is 10.8 Å². The minimum Gasteiger partial charge on any atom is -0.481 e. The third-order valence-electron chi connectivity index (χ3n) is 4.59. The average molecular weight is 347 g/mol. The molecular formula is C14H21NO5S2. The van der Waals surface area contributed by atoms with Gasteiger partial charge in [0.25, 0.3) is 0 Å². The predicted octanol–water partition coefficient (Wildman–Crippen LogP) is 1.55. The topological polar surface area (TPSA) is 94.9 Å². The molecule has 124 valence electrons. The number of aliphatic carboxylic acids is 2. The van der Waals surface area contributed by atoms with Crippen LogP contribution in [0, 0.1) is 11.8 Å². The smallest absolute Gasteiger partial charge is 0.327 e. The number of carbonyl (C=O) groups excluding carboxylic acids is 1. The Morgan fingerprint density at radius 3 is 2.32 bits per heavy atom. The average Bonchev–Trinajstić information content (AvgIpc) is 2.85. The maximum atomic E-state index is 12.7. The van der Waals surface area contributed by atoms with Gasteiger partial charge in [-0.3, -0.25) is 9.59 Å². The van der Waals surface area contributed by atoms with Crippen LogP contribution in [-0.4, -0.2) is 55.4 Å². The Morgan fingerprint density at radius 1 is 1.27 bits per heavy atom. The van der Waals surface area contributed by atoms with Crippen molar-refractivity contribution in [2.75, 3.05) is 11.5 Å². The zero-order chi connectivity index (χ0) is 16.5. The molecule has 1 spiro atoms. The summed E-state index contributed by atoms with van der Waals surface area (Å²) >= 11 is 5.63. The first-order valence-corrected chi connectivity index (χ1v) is 8.98. The molecule has 1 aliphatic carbocycles. The molecule has 0 aromatic carbocycles. The molecule has 8 heteroatoms. The summed E-state index contributed by atoms with van der Waals surface area (Å²) < 4.78 is 0. The number of nitrogens with zero attached hydrogens (tertiary/aromatic N) is 1. The van der Waals surface area contributed by atoms with Crippen molar-refractivity contribution in [3.8, 4) is 0 Å². The van der Waals surface area contributed by atoms with E-state index in [2.05, 4.69) is 12.6 Å². The Morgan fingerprint density at radius 2 is 1.86 bits per heavy atom. The number of amides is 1. The molecule has 1 saturated heterocycles. The Kier molecular flexibility index (Phi) is 5.32. The molecule has 22 heavy (non-hydrogen) atoms. The van der Waals surface area contributed by atoms with E-state index in [1.54, 1.807) is 6.92 Å². The highest BCUT2D eigenvalue weighted by molar-refractivity contribution is 8.01. The van der Waals surface area contributed by atoms with E-state index >= 15 is 0 Å². The largest absolute Gasteiger partial charge is 0.481 e. The van der Waals surface area contributed by atoms with Crippen LogP contribution >= 0.6 is 24.4 Å². The molecule has 1 aliphatic heterocycles. The summed E-state index contributed by atoms with van der Waals surface area (Å²) in [6, 6.07) is -0.832. The Hall–Kier alpha value is -0.890. The Balaban J connectivity index is 2.24. The van der Waals surface area contributed by atoms with Gasteiger partial charge in [0.1, 0.15) is 6.04 Å². The van der Waals surface area contributed by atoms with Crippen LogP contribution in [0.5, 0.6) is 0 Å². The number of thiol groups is 1. The number of hydrogen-bond acceptors (Lipinski definition) is 5. The second-order valence-corrected chi connectivity index (χ2v) is 7.76. The van der Waals surface area contributed by atoms with Crippen molar-refractivity contribution in [3.63, 3.8) is 0 Å². The number of thioether (sulfide) groups is 1. The summed E-state index contributed by atoms with van der Waals surface area (Å²) in [5, 5.41) is 18.5. The molecule has 6 nitrogen and oxygen atoms in total. The van der Waals surface area contributed by atoms with E-state index in [9.17, 15) is 19.5 Å². The fourth-order valence-corrected chi connectivity index (χ4v) is 5.01. The second-order valence-electron chi connectivity index (χ2n) is 6.02. The van der Waals surface area contributed by atoms with Gasteiger partial charge >= 0.3 is 11.9 Å². The highest BCUT2D eigenvalue weighted by Crippen LogP contribution is 2.50. The van der Waals surface area contributed by atoms with E-state index in [0.717, 1.165) is 0 Å². The Bertz CT molecular complexity index is 476. The van der Waals surface area contributed by atoms with Crippen LogP contribution in [0.3, 0.4) is 0 Å². The van der Waals surface area contributed by atoms with Crippen molar-refractivity contribution < 1.29 is 24.6 Å². The van der Waals surface area contributed by atoms with Crippen LogP contribution in [0.25, 0.3) is 0 Å². The highest BCUT2D eigenvalue weighted by Gasteiger charge is 2.54. The first kappa shape index (κ1) is 17.5. The molecule has 0 aromatic heterocycles. The summed E-state index contributed by atoms with van der Waals surface area (Å²) in [6.07, 6.45) is 2.02. The van der Waals surface area contributed by atoms with Crippen LogP contribution < -0.4 is 0 Å². The second kappa shape index (κ2) is 6.70. The molecule has 0 radical (unpaired) electrons. The minimum atomic E-state index is -0.996. The fourth-order valence-electron chi connectivity index (χ4n) is 3.21. The zero-order valence-electron chi connectivity index (χ0n) is 12.4. The number of carboxylic acid groups (broad SMARTS) is 2. The van der Waals surface area contributed by atoms with Crippen molar-refractivity contribution in [2.24, 2.45) is 11.8 Å². The van der Waals surface area contributed by atoms with Crippen molar-refractivity contribution in [1.82, 2.24) is 4.90 Å². The number of rotatable bonds is 4. The van der Waals surface area contributed by atoms with Gasteiger partial charge < -0.3 is 15.1 Å². The normalized spacial score (nSPS) is 32.9. The van der Waals surface area contributed by atoms with Crippen LogP contribution in [0.1, 0.15) is 32.6 Å². The maximum Gasteiger partial charge on any atom is 0.327 e. The molecule has 2 N–H and O–H groups in total. The number of carboxylic acids is 2. The van der Waals surface area contributed by atoms with Gasteiger partial charge in [-0.25, -0.2) is 4.79 Å². The van der Waals surface area contributed by atoms with Gasteiger partial charge in [0.15, 0.2) is 0 Å². The van der Waals surface area contributed by atoms with E-state index in [0.29, 0.717) is 37.2 Å². The lowest BCUT2D eigenvalue weighted by Crippen LogP contribution is -2.55. The van der Waals surface area contributed by atoms with E-state index in [1.807, 2.05) is 0 Å². The molecule has 0 bridgehead atoms. The SMILES string of the molecule is CC(CS)C(=O)N1C(C(=O)O)CSC12CCC(C(=O)O)CC2. The summed E-state index contributed by atoms with van der Waals surface area (Å²) in [7, 11) is 0.